The molecule has 0 N–H and O–H groups in total. The predicted octanol–water partition coefficient (Wildman–Crippen LogP) is 4.56. The molecule has 0 saturated carbocycles. The van der Waals surface area contributed by atoms with Crippen molar-refractivity contribution in [3.05, 3.63) is 28.0 Å². The van der Waals surface area contributed by atoms with Crippen LogP contribution < -0.4 is 0 Å². The van der Waals surface area contributed by atoms with E-state index in [-0.39, 0.29) is 0 Å². The van der Waals surface area contributed by atoms with Gasteiger partial charge < -0.3 is 0 Å². The van der Waals surface area contributed by atoms with Crippen molar-refractivity contribution in [3.63, 3.8) is 0 Å². The lowest BCUT2D eigenvalue weighted by molar-refractivity contribution is 1.30. The van der Waals surface area contributed by atoms with E-state index in [2.05, 4.69) is 36.4 Å². The first-order valence-electron chi connectivity index (χ1n) is 4.95. The van der Waals surface area contributed by atoms with E-state index in [4.69, 9.17) is 0 Å². The maximum Gasteiger partial charge on any atom is 0.0794 e. The molecule has 0 aromatic carbocycles. The predicted molar refractivity (Wildman–Crippen MR) is 70.0 cm³/mol. The van der Waals surface area contributed by atoms with Crippen LogP contribution in [-0.2, 0) is 0 Å². The van der Waals surface area contributed by atoms with Crippen LogP contribution in [0.5, 0.6) is 0 Å². The third kappa shape index (κ3) is 1.46. The van der Waals surface area contributed by atoms with Crippen LogP contribution in [0.4, 0.5) is 0 Å². The highest BCUT2D eigenvalue weighted by atomic mass is 32.1. The molecule has 0 radical (unpaired) electrons. The topological polar surface area (TPSA) is 12.4 Å². The normalized spacial score (nSPS) is 16.5. The number of rotatable bonds is 1. The zero-order valence-corrected chi connectivity index (χ0v) is 10.3. The van der Waals surface area contributed by atoms with Crippen LogP contribution >= 0.6 is 22.7 Å². The fraction of sp³-hybridized carbons (Fsp3) is 0.250. The van der Waals surface area contributed by atoms with Crippen molar-refractivity contribution in [3.8, 4) is 0 Å². The smallest absolute Gasteiger partial charge is 0.0794 e. The Hall–Kier alpha value is -0.930. The van der Waals surface area contributed by atoms with E-state index in [1.165, 1.54) is 31.3 Å². The van der Waals surface area contributed by atoms with Crippen LogP contribution in [0.15, 0.2) is 28.1 Å². The molecule has 2 aromatic rings. The van der Waals surface area contributed by atoms with Gasteiger partial charge in [0, 0.05) is 21.5 Å². The molecule has 0 fully saturated rings. The van der Waals surface area contributed by atoms with Gasteiger partial charge in [-0.25, -0.2) is 0 Å². The Morgan fingerprint density at radius 2 is 2.13 bits per heavy atom. The van der Waals surface area contributed by atoms with Gasteiger partial charge in [-0.15, -0.1) is 22.7 Å². The lowest BCUT2D eigenvalue weighted by Crippen LogP contribution is -1.82. The number of fused-ring (bicyclic) bond motifs is 1. The molecule has 15 heavy (non-hydrogen) atoms. The van der Waals surface area contributed by atoms with Gasteiger partial charge in [0.05, 0.1) is 10.6 Å². The maximum absolute atomic E-state index is 4.63. The summed E-state index contributed by atoms with van der Waals surface area (Å²) >= 11 is 3.66. The van der Waals surface area contributed by atoms with Crippen LogP contribution in [0, 0.1) is 0 Å². The second-order valence-electron chi connectivity index (χ2n) is 3.91. The third-order valence-electron chi connectivity index (χ3n) is 2.60. The van der Waals surface area contributed by atoms with E-state index in [0.29, 0.717) is 0 Å². The van der Waals surface area contributed by atoms with Gasteiger partial charge >= 0.3 is 0 Å². The van der Waals surface area contributed by atoms with E-state index in [1.807, 2.05) is 22.7 Å². The van der Waals surface area contributed by atoms with Gasteiger partial charge in [0.15, 0.2) is 0 Å². The summed E-state index contributed by atoms with van der Waals surface area (Å²) in [6, 6.07) is 4.46. The number of thiophene rings is 2. The van der Waals surface area contributed by atoms with Crippen molar-refractivity contribution in [2.75, 3.05) is 0 Å². The van der Waals surface area contributed by atoms with Crippen molar-refractivity contribution in [2.45, 2.75) is 20.3 Å². The van der Waals surface area contributed by atoms with Crippen molar-refractivity contribution >= 4 is 43.5 Å². The van der Waals surface area contributed by atoms with Crippen molar-refractivity contribution in [1.29, 1.82) is 0 Å². The number of allylic oxidation sites excluding steroid dienone is 1. The van der Waals surface area contributed by atoms with Gasteiger partial charge in [0.1, 0.15) is 0 Å². The van der Waals surface area contributed by atoms with Gasteiger partial charge in [0.25, 0.3) is 0 Å². The van der Waals surface area contributed by atoms with E-state index >= 15 is 0 Å². The van der Waals surface area contributed by atoms with Crippen LogP contribution in [-0.4, -0.2) is 5.71 Å². The average Bonchev–Trinajstić information content (AvgIpc) is 2.77. The fourth-order valence-corrected chi connectivity index (χ4v) is 4.12. The molecule has 0 saturated heterocycles. The standard InChI is InChI=1S/C12H11NS2/c1-7-5-8(2)13-12(7)11-6-10-9(15-11)3-4-14-10/h3-4,6H,5H2,1-2H3. The highest BCUT2D eigenvalue weighted by Crippen LogP contribution is 2.37. The Balaban J connectivity index is 2.15. The molecule has 1 aliphatic heterocycles. The zero-order chi connectivity index (χ0) is 10.4. The van der Waals surface area contributed by atoms with E-state index in [9.17, 15) is 0 Å². The Morgan fingerprint density at radius 1 is 1.27 bits per heavy atom. The Bertz CT molecular complexity index is 555. The van der Waals surface area contributed by atoms with Gasteiger partial charge in [-0.3, -0.25) is 4.99 Å². The highest BCUT2D eigenvalue weighted by molar-refractivity contribution is 7.27. The molecule has 0 amide bonds. The van der Waals surface area contributed by atoms with Gasteiger partial charge in [-0.05, 0) is 36.9 Å². The minimum absolute atomic E-state index is 1.04. The highest BCUT2D eigenvalue weighted by Gasteiger charge is 2.15. The summed E-state index contributed by atoms with van der Waals surface area (Å²) in [7, 11) is 0. The molecule has 0 spiro atoms. The fourth-order valence-electron chi connectivity index (χ4n) is 1.94. The minimum Gasteiger partial charge on any atom is -0.256 e. The Labute approximate surface area is 96.8 Å². The van der Waals surface area contributed by atoms with Crippen LogP contribution in [0.2, 0.25) is 0 Å². The minimum atomic E-state index is 1.04. The molecule has 2 aromatic heterocycles. The van der Waals surface area contributed by atoms with Gasteiger partial charge in [-0.2, -0.15) is 0 Å². The summed E-state index contributed by atoms with van der Waals surface area (Å²) in [5, 5.41) is 2.15. The second-order valence-corrected chi connectivity index (χ2v) is 5.94. The van der Waals surface area contributed by atoms with E-state index in [0.717, 1.165) is 6.42 Å². The largest absolute Gasteiger partial charge is 0.256 e. The molecular weight excluding hydrogens is 222 g/mol. The first-order chi connectivity index (χ1) is 7.24. The van der Waals surface area contributed by atoms with Crippen molar-refractivity contribution < 1.29 is 0 Å². The molecule has 3 rings (SSSR count). The quantitative estimate of drug-likeness (QED) is 0.684. The van der Waals surface area contributed by atoms with Crippen LogP contribution in [0.25, 0.3) is 15.1 Å². The zero-order valence-electron chi connectivity index (χ0n) is 8.70. The molecule has 3 heterocycles. The molecule has 1 aliphatic rings. The summed E-state index contributed by atoms with van der Waals surface area (Å²) in [5.74, 6) is 0. The molecule has 3 heteroatoms. The molecule has 1 nitrogen and oxygen atoms in total. The van der Waals surface area contributed by atoms with Gasteiger partial charge in [-0.1, -0.05) is 0 Å². The number of hydrogen-bond donors (Lipinski definition) is 0. The molecule has 0 atom stereocenters. The summed E-state index contributed by atoms with van der Waals surface area (Å²) in [6.45, 7) is 4.29. The van der Waals surface area contributed by atoms with Gasteiger partial charge in [0.2, 0.25) is 0 Å². The molecular formula is C12H11NS2. The number of nitrogens with zero attached hydrogens (tertiary/aromatic N) is 1. The maximum atomic E-state index is 4.63. The lowest BCUT2D eigenvalue weighted by Gasteiger charge is -1.95. The first kappa shape index (κ1) is 9.31. The number of aliphatic imine (C=N–C) groups is 1. The van der Waals surface area contributed by atoms with E-state index in [1.54, 1.807) is 0 Å². The molecule has 0 bridgehead atoms. The SMILES string of the molecule is CC1=NC(c2cc3sccc3s2)=C(C)C1. The molecule has 0 unspecified atom stereocenters. The van der Waals surface area contributed by atoms with E-state index < -0.39 is 0 Å². The van der Waals surface area contributed by atoms with Crippen molar-refractivity contribution in [1.82, 2.24) is 0 Å². The van der Waals surface area contributed by atoms with Crippen LogP contribution in [0.1, 0.15) is 25.1 Å². The summed E-state index contributed by atoms with van der Waals surface area (Å²) in [4.78, 5) is 5.95. The van der Waals surface area contributed by atoms with Crippen LogP contribution in [0.3, 0.4) is 0 Å². The third-order valence-corrected chi connectivity index (χ3v) is 4.70. The Kier molecular flexibility index (Phi) is 2.04. The average molecular weight is 233 g/mol. The molecule has 76 valence electrons. The summed E-state index contributed by atoms with van der Waals surface area (Å²) in [6.07, 6.45) is 1.04. The monoisotopic (exact) mass is 233 g/mol. The molecule has 0 aliphatic carbocycles. The first-order valence-corrected chi connectivity index (χ1v) is 6.65. The van der Waals surface area contributed by atoms with Crippen molar-refractivity contribution in [2.24, 2.45) is 4.99 Å². The summed E-state index contributed by atoms with van der Waals surface area (Å²) in [5.41, 5.74) is 3.85. The summed E-state index contributed by atoms with van der Waals surface area (Å²) < 4.78 is 2.77. The lowest BCUT2D eigenvalue weighted by atomic mass is 10.1. The number of hydrogen-bond acceptors (Lipinski definition) is 3. The second kappa shape index (κ2) is 3.29. The Morgan fingerprint density at radius 3 is 2.80 bits per heavy atom.